The number of amides is 1. The molecule has 1 heterocycles. The molecule has 1 aromatic carbocycles. The molecule has 0 saturated heterocycles. The van der Waals surface area contributed by atoms with Crippen LogP contribution < -0.4 is 0 Å². The summed E-state index contributed by atoms with van der Waals surface area (Å²) in [5, 5.41) is 4.11. The number of hydrogen-bond acceptors (Lipinski definition) is 2. The molecule has 0 N–H and O–H groups in total. The van der Waals surface area contributed by atoms with Crippen molar-refractivity contribution in [2.45, 2.75) is 20.4 Å². The minimum Gasteiger partial charge on any atom is -0.337 e. The first-order valence-corrected chi connectivity index (χ1v) is 6.27. The van der Waals surface area contributed by atoms with Crippen molar-refractivity contribution in [2.75, 3.05) is 7.05 Å². The van der Waals surface area contributed by atoms with Gasteiger partial charge in [0.15, 0.2) is 0 Å². The van der Waals surface area contributed by atoms with Crippen LogP contribution in [-0.2, 0) is 13.6 Å². The molecule has 0 unspecified atom stereocenters. The van der Waals surface area contributed by atoms with E-state index in [9.17, 15) is 4.79 Å². The average molecular weight is 257 g/mol. The Hall–Kier alpha value is -2.10. The molecule has 0 bridgehead atoms. The second-order valence-corrected chi connectivity index (χ2v) is 5.00. The SMILES string of the molecule is Cc1ccc(C)c(C(=O)N(C)Cc2cnn(C)c2)c1. The highest BCUT2D eigenvalue weighted by atomic mass is 16.2. The quantitative estimate of drug-likeness (QED) is 0.846. The van der Waals surface area contributed by atoms with Gasteiger partial charge < -0.3 is 4.90 Å². The van der Waals surface area contributed by atoms with Crippen LogP contribution in [0.1, 0.15) is 27.0 Å². The minimum absolute atomic E-state index is 0.0463. The summed E-state index contributed by atoms with van der Waals surface area (Å²) in [4.78, 5) is 14.1. The number of aromatic nitrogens is 2. The molecule has 0 fully saturated rings. The highest BCUT2D eigenvalue weighted by Crippen LogP contribution is 2.14. The lowest BCUT2D eigenvalue weighted by Gasteiger charge is -2.18. The molecular formula is C15H19N3O. The molecule has 100 valence electrons. The molecule has 0 radical (unpaired) electrons. The van der Waals surface area contributed by atoms with E-state index in [1.54, 1.807) is 15.8 Å². The number of rotatable bonds is 3. The Morgan fingerprint density at radius 2 is 2.11 bits per heavy atom. The Morgan fingerprint density at radius 1 is 1.37 bits per heavy atom. The highest BCUT2D eigenvalue weighted by molar-refractivity contribution is 5.95. The van der Waals surface area contributed by atoms with Gasteiger partial charge >= 0.3 is 0 Å². The Morgan fingerprint density at radius 3 is 2.74 bits per heavy atom. The number of benzene rings is 1. The summed E-state index contributed by atoms with van der Waals surface area (Å²) in [6, 6.07) is 5.95. The van der Waals surface area contributed by atoms with E-state index in [1.165, 1.54) is 0 Å². The lowest BCUT2D eigenvalue weighted by molar-refractivity contribution is 0.0784. The van der Waals surface area contributed by atoms with Crippen molar-refractivity contribution >= 4 is 5.91 Å². The molecule has 0 saturated carbocycles. The van der Waals surface area contributed by atoms with Crippen LogP contribution in [0.2, 0.25) is 0 Å². The van der Waals surface area contributed by atoms with Crippen molar-refractivity contribution in [1.82, 2.24) is 14.7 Å². The van der Waals surface area contributed by atoms with E-state index in [2.05, 4.69) is 5.10 Å². The number of carbonyl (C=O) groups excluding carboxylic acids is 1. The van der Waals surface area contributed by atoms with Gasteiger partial charge in [0.05, 0.1) is 6.20 Å². The summed E-state index contributed by atoms with van der Waals surface area (Å²) in [5.74, 6) is 0.0463. The topological polar surface area (TPSA) is 38.1 Å². The van der Waals surface area contributed by atoms with Crippen LogP contribution in [0.5, 0.6) is 0 Å². The molecule has 0 atom stereocenters. The molecule has 2 rings (SSSR count). The number of hydrogen-bond donors (Lipinski definition) is 0. The number of carbonyl (C=O) groups is 1. The normalized spacial score (nSPS) is 10.5. The average Bonchev–Trinajstić information content (AvgIpc) is 2.77. The van der Waals surface area contributed by atoms with E-state index in [-0.39, 0.29) is 5.91 Å². The largest absolute Gasteiger partial charge is 0.337 e. The summed E-state index contributed by atoms with van der Waals surface area (Å²) in [5.41, 5.74) is 3.91. The van der Waals surface area contributed by atoms with E-state index in [0.717, 1.165) is 22.3 Å². The zero-order valence-corrected chi connectivity index (χ0v) is 11.8. The van der Waals surface area contributed by atoms with Crippen molar-refractivity contribution in [3.63, 3.8) is 0 Å². The third kappa shape index (κ3) is 3.02. The van der Waals surface area contributed by atoms with Crippen molar-refractivity contribution < 1.29 is 4.79 Å². The van der Waals surface area contributed by atoms with E-state index < -0.39 is 0 Å². The molecule has 0 spiro atoms. The van der Waals surface area contributed by atoms with Gasteiger partial charge in [-0.15, -0.1) is 0 Å². The van der Waals surface area contributed by atoms with Gasteiger partial charge in [-0.2, -0.15) is 5.10 Å². The van der Waals surface area contributed by atoms with Gasteiger partial charge in [0.2, 0.25) is 0 Å². The summed E-state index contributed by atoms with van der Waals surface area (Å²) >= 11 is 0. The maximum absolute atomic E-state index is 12.4. The van der Waals surface area contributed by atoms with E-state index in [1.807, 2.05) is 52.3 Å². The van der Waals surface area contributed by atoms with Crippen LogP contribution in [0, 0.1) is 13.8 Å². The lowest BCUT2D eigenvalue weighted by atomic mass is 10.0. The second-order valence-electron chi connectivity index (χ2n) is 5.00. The van der Waals surface area contributed by atoms with Crippen LogP contribution in [0.3, 0.4) is 0 Å². The van der Waals surface area contributed by atoms with Gasteiger partial charge in [-0.3, -0.25) is 9.48 Å². The molecular weight excluding hydrogens is 238 g/mol. The highest BCUT2D eigenvalue weighted by Gasteiger charge is 2.15. The van der Waals surface area contributed by atoms with Gasteiger partial charge in [-0.1, -0.05) is 17.7 Å². The van der Waals surface area contributed by atoms with Gasteiger partial charge in [0.25, 0.3) is 5.91 Å². The van der Waals surface area contributed by atoms with Crippen LogP contribution in [0.15, 0.2) is 30.6 Å². The summed E-state index contributed by atoms with van der Waals surface area (Å²) in [6.07, 6.45) is 3.71. The number of nitrogens with zero attached hydrogens (tertiary/aromatic N) is 3. The fourth-order valence-corrected chi connectivity index (χ4v) is 2.07. The van der Waals surface area contributed by atoms with Crippen LogP contribution in [0.4, 0.5) is 0 Å². The van der Waals surface area contributed by atoms with E-state index >= 15 is 0 Å². The van der Waals surface area contributed by atoms with Crippen LogP contribution in [-0.4, -0.2) is 27.6 Å². The molecule has 19 heavy (non-hydrogen) atoms. The first kappa shape index (κ1) is 13.3. The molecule has 0 aliphatic carbocycles. The van der Waals surface area contributed by atoms with Crippen molar-refractivity contribution in [2.24, 2.45) is 7.05 Å². The smallest absolute Gasteiger partial charge is 0.254 e. The number of aryl methyl sites for hydroxylation is 3. The third-order valence-corrected chi connectivity index (χ3v) is 3.15. The van der Waals surface area contributed by atoms with Crippen LogP contribution >= 0.6 is 0 Å². The monoisotopic (exact) mass is 257 g/mol. The van der Waals surface area contributed by atoms with E-state index in [4.69, 9.17) is 0 Å². The maximum Gasteiger partial charge on any atom is 0.254 e. The molecule has 4 nitrogen and oxygen atoms in total. The summed E-state index contributed by atoms with van der Waals surface area (Å²) in [7, 11) is 3.69. The zero-order chi connectivity index (χ0) is 14.0. The van der Waals surface area contributed by atoms with Gasteiger partial charge in [0, 0.05) is 38.0 Å². The molecule has 0 aliphatic heterocycles. The Kier molecular flexibility index (Phi) is 3.69. The first-order chi connectivity index (χ1) is 8.97. The van der Waals surface area contributed by atoms with Crippen molar-refractivity contribution in [3.8, 4) is 0 Å². The van der Waals surface area contributed by atoms with Gasteiger partial charge in [0.1, 0.15) is 0 Å². The standard InChI is InChI=1S/C15H19N3O/c1-11-5-6-12(2)14(7-11)15(19)17(3)9-13-8-16-18(4)10-13/h5-8,10H,9H2,1-4H3. The van der Waals surface area contributed by atoms with Crippen molar-refractivity contribution in [1.29, 1.82) is 0 Å². The Labute approximate surface area is 113 Å². The predicted molar refractivity (Wildman–Crippen MR) is 74.9 cm³/mol. The van der Waals surface area contributed by atoms with Crippen molar-refractivity contribution in [3.05, 3.63) is 52.8 Å². The fourth-order valence-electron chi connectivity index (χ4n) is 2.07. The molecule has 1 aromatic heterocycles. The Bertz CT molecular complexity index is 601. The summed E-state index contributed by atoms with van der Waals surface area (Å²) < 4.78 is 1.74. The maximum atomic E-state index is 12.4. The Balaban J connectivity index is 2.16. The molecule has 2 aromatic rings. The molecule has 4 heteroatoms. The summed E-state index contributed by atoms with van der Waals surface area (Å²) in [6.45, 7) is 4.53. The van der Waals surface area contributed by atoms with Gasteiger partial charge in [-0.25, -0.2) is 0 Å². The second kappa shape index (κ2) is 5.26. The van der Waals surface area contributed by atoms with Gasteiger partial charge in [-0.05, 0) is 25.5 Å². The molecule has 0 aliphatic rings. The third-order valence-electron chi connectivity index (χ3n) is 3.15. The molecule has 1 amide bonds. The predicted octanol–water partition coefficient (Wildman–Crippen LogP) is 2.31. The lowest BCUT2D eigenvalue weighted by Crippen LogP contribution is -2.26. The zero-order valence-electron chi connectivity index (χ0n) is 11.8. The first-order valence-electron chi connectivity index (χ1n) is 6.27. The van der Waals surface area contributed by atoms with Crippen LogP contribution in [0.25, 0.3) is 0 Å². The fraction of sp³-hybridized carbons (Fsp3) is 0.333. The van der Waals surface area contributed by atoms with E-state index in [0.29, 0.717) is 6.54 Å². The minimum atomic E-state index is 0.0463.